The summed E-state index contributed by atoms with van der Waals surface area (Å²) in [6.45, 7) is 6.85. The minimum atomic E-state index is -0.0946. The highest BCUT2D eigenvalue weighted by molar-refractivity contribution is 7.99. The number of nitriles is 1. The molecule has 0 radical (unpaired) electrons. The fourth-order valence-corrected chi connectivity index (χ4v) is 4.26. The van der Waals surface area contributed by atoms with Gasteiger partial charge in [0, 0.05) is 31.2 Å². The first-order valence-corrected chi connectivity index (χ1v) is 10.6. The Labute approximate surface area is 174 Å². The number of carbonyl (C=O) groups excluding carboxylic acids is 1. The number of halogens is 1. The molecule has 0 aliphatic carbocycles. The number of hydrogen-bond donors (Lipinski definition) is 0. The van der Waals surface area contributed by atoms with Crippen LogP contribution in [0.3, 0.4) is 0 Å². The lowest BCUT2D eigenvalue weighted by Crippen LogP contribution is -2.53. The molecule has 28 heavy (non-hydrogen) atoms. The number of piperazine rings is 1. The molecule has 0 N–H and O–H groups in total. The van der Waals surface area contributed by atoms with Gasteiger partial charge in [-0.15, -0.1) is 10.2 Å². The molecule has 9 heteroatoms. The second kappa shape index (κ2) is 9.41. The van der Waals surface area contributed by atoms with Crippen LogP contribution in [0.15, 0.2) is 35.7 Å². The van der Waals surface area contributed by atoms with Crippen molar-refractivity contribution in [2.75, 3.05) is 31.9 Å². The third-order valence-electron chi connectivity index (χ3n) is 4.75. The van der Waals surface area contributed by atoms with Crippen molar-refractivity contribution in [3.63, 3.8) is 0 Å². The fraction of sp³-hybridized carbons (Fsp3) is 0.474. The van der Waals surface area contributed by atoms with E-state index in [1.807, 2.05) is 33.7 Å². The summed E-state index contributed by atoms with van der Waals surface area (Å²) in [5, 5.41) is 18.7. The lowest BCUT2D eigenvalue weighted by molar-refractivity contribution is -0.130. The van der Waals surface area contributed by atoms with Crippen LogP contribution in [0.1, 0.15) is 13.8 Å². The first-order valence-electron chi connectivity index (χ1n) is 9.20. The van der Waals surface area contributed by atoms with Crippen LogP contribution in [0.5, 0.6) is 0 Å². The molecule has 1 saturated heterocycles. The fourth-order valence-electron chi connectivity index (χ4n) is 3.25. The number of aromatic nitrogens is 3. The number of carbonyl (C=O) groups is 1. The van der Waals surface area contributed by atoms with Gasteiger partial charge in [-0.1, -0.05) is 43.3 Å². The van der Waals surface area contributed by atoms with Gasteiger partial charge in [-0.3, -0.25) is 14.3 Å². The molecule has 0 saturated carbocycles. The Hall–Kier alpha value is -2.08. The Bertz CT molecular complexity index is 856. The highest BCUT2D eigenvalue weighted by Gasteiger charge is 2.27. The Morgan fingerprint density at radius 1 is 1.32 bits per heavy atom. The van der Waals surface area contributed by atoms with Gasteiger partial charge in [-0.25, -0.2) is 0 Å². The first kappa shape index (κ1) is 20.6. The predicted octanol–water partition coefficient (Wildman–Crippen LogP) is 2.71. The third-order valence-corrected chi connectivity index (χ3v) is 5.91. The van der Waals surface area contributed by atoms with Crippen LogP contribution in [0.25, 0.3) is 5.69 Å². The summed E-state index contributed by atoms with van der Waals surface area (Å²) in [4.78, 5) is 16.6. The van der Waals surface area contributed by atoms with Gasteiger partial charge < -0.3 is 4.90 Å². The zero-order valence-corrected chi connectivity index (χ0v) is 17.5. The first-order chi connectivity index (χ1) is 13.5. The van der Waals surface area contributed by atoms with Crippen molar-refractivity contribution in [1.82, 2.24) is 24.6 Å². The van der Waals surface area contributed by atoms with Gasteiger partial charge >= 0.3 is 0 Å². The third kappa shape index (κ3) is 4.85. The van der Waals surface area contributed by atoms with Gasteiger partial charge in [0.15, 0.2) is 5.16 Å². The Balaban J connectivity index is 1.55. The van der Waals surface area contributed by atoms with Crippen molar-refractivity contribution in [3.8, 4) is 11.8 Å². The standard InChI is InChI=1S/C19H23ClN6OS/c1-14(2)17(11-21)24-6-8-25(9-7-24)18(27)12-28-19-23-22-13-26(19)16-5-3-4-15(20)10-16/h3-5,10,13-14,17H,6-9,12H2,1-2H3. The molecule has 1 aromatic carbocycles. The lowest BCUT2D eigenvalue weighted by Gasteiger charge is -2.38. The summed E-state index contributed by atoms with van der Waals surface area (Å²) >= 11 is 7.42. The summed E-state index contributed by atoms with van der Waals surface area (Å²) in [6.07, 6.45) is 1.62. The van der Waals surface area contributed by atoms with Crippen molar-refractivity contribution in [2.45, 2.75) is 25.0 Å². The summed E-state index contributed by atoms with van der Waals surface area (Å²) < 4.78 is 1.82. The van der Waals surface area contributed by atoms with Crippen molar-refractivity contribution < 1.29 is 4.79 Å². The minimum absolute atomic E-state index is 0.0725. The number of rotatable bonds is 6. The summed E-state index contributed by atoms with van der Waals surface area (Å²) in [6, 6.07) is 9.70. The molecule has 1 aliphatic heterocycles. The van der Waals surface area contributed by atoms with Gasteiger partial charge in [0.25, 0.3) is 0 Å². The Morgan fingerprint density at radius 2 is 2.07 bits per heavy atom. The van der Waals surface area contributed by atoms with E-state index in [9.17, 15) is 10.1 Å². The topological polar surface area (TPSA) is 78.1 Å². The molecule has 0 spiro atoms. The summed E-state index contributed by atoms with van der Waals surface area (Å²) in [5.74, 6) is 0.648. The van der Waals surface area contributed by atoms with E-state index >= 15 is 0 Å². The molecule has 148 valence electrons. The number of nitrogens with zero attached hydrogens (tertiary/aromatic N) is 6. The molecular weight excluding hydrogens is 396 g/mol. The quantitative estimate of drug-likeness (QED) is 0.671. The molecule has 1 amide bonds. The van der Waals surface area contributed by atoms with Crippen LogP contribution in [-0.2, 0) is 4.79 Å². The molecule has 0 bridgehead atoms. The number of hydrogen-bond acceptors (Lipinski definition) is 6. The van der Waals surface area contributed by atoms with Crippen LogP contribution >= 0.6 is 23.4 Å². The number of benzene rings is 1. The zero-order valence-electron chi connectivity index (χ0n) is 16.0. The van der Waals surface area contributed by atoms with Gasteiger partial charge in [0.05, 0.1) is 17.5 Å². The van der Waals surface area contributed by atoms with Crippen molar-refractivity contribution in [2.24, 2.45) is 5.92 Å². The van der Waals surface area contributed by atoms with Crippen LogP contribution < -0.4 is 0 Å². The van der Waals surface area contributed by atoms with Crippen LogP contribution in [-0.4, -0.2) is 68.4 Å². The predicted molar refractivity (Wildman–Crippen MR) is 109 cm³/mol. The minimum Gasteiger partial charge on any atom is -0.339 e. The summed E-state index contributed by atoms with van der Waals surface area (Å²) in [7, 11) is 0. The molecule has 1 aliphatic rings. The van der Waals surface area contributed by atoms with Gasteiger partial charge in [0.1, 0.15) is 12.4 Å². The van der Waals surface area contributed by atoms with Crippen molar-refractivity contribution >= 4 is 29.3 Å². The molecule has 3 rings (SSSR count). The second-order valence-electron chi connectivity index (χ2n) is 6.99. The van der Waals surface area contributed by atoms with Crippen LogP contribution in [0.2, 0.25) is 5.02 Å². The molecular formula is C19H23ClN6OS. The maximum atomic E-state index is 12.6. The Morgan fingerprint density at radius 3 is 2.71 bits per heavy atom. The van der Waals surface area contributed by atoms with Gasteiger partial charge in [0.2, 0.25) is 5.91 Å². The van der Waals surface area contributed by atoms with E-state index in [0.717, 1.165) is 18.8 Å². The zero-order chi connectivity index (χ0) is 20.1. The van der Waals surface area contributed by atoms with E-state index in [1.165, 1.54) is 11.8 Å². The highest BCUT2D eigenvalue weighted by atomic mass is 35.5. The van der Waals surface area contributed by atoms with E-state index in [-0.39, 0.29) is 17.9 Å². The number of thioether (sulfide) groups is 1. The summed E-state index contributed by atoms with van der Waals surface area (Å²) in [5.41, 5.74) is 0.859. The molecule has 1 atom stereocenters. The molecule has 2 heterocycles. The monoisotopic (exact) mass is 418 g/mol. The van der Waals surface area contributed by atoms with Gasteiger partial charge in [-0.05, 0) is 24.1 Å². The molecule has 7 nitrogen and oxygen atoms in total. The largest absolute Gasteiger partial charge is 0.339 e. The van der Waals surface area contributed by atoms with Crippen molar-refractivity contribution in [3.05, 3.63) is 35.6 Å². The van der Waals surface area contributed by atoms with E-state index < -0.39 is 0 Å². The highest BCUT2D eigenvalue weighted by Crippen LogP contribution is 2.22. The number of amides is 1. The normalized spacial score (nSPS) is 16.2. The lowest BCUT2D eigenvalue weighted by atomic mass is 10.0. The van der Waals surface area contributed by atoms with Crippen molar-refractivity contribution in [1.29, 1.82) is 5.26 Å². The van der Waals surface area contributed by atoms with E-state index in [2.05, 4.69) is 35.0 Å². The Kier molecular flexibility index (Phi) is 6.94. The molecule has 2 aromatic rings. The average Bonchev–Trinajstić information content (AvgIpc) is 3.15. The molecule has 1 unspecified atom stereocenters. The van der Waals surface area contributed by atoms with E-state index in [1.54, 1.807) is 6.33 Å². The van der Waals surface area contributed by atoms with Crippen LogP contribution in [0.4, 0.5) is 0 Å². The SMILES string of the molecule is CC(C)C(C#N)N1CCN(C(=O)CSc2nncn2-c2cccc(Cl)c2)CC1. The van der Waals surface area contributed by atoms with E-state index in [0.29, 0.717) is 29.0 Å². The maximum Gasteiger partial charge on any atom is 0.233 e. The smallest absolute Gasteiger partial charge is 0.233 e. The second-order valence-corrected chi connectivity index (χ2v) is 8.37. The maximum absolute atomic E-state index is 12.6. The average molecular weight is 419 g/mol. The van der Waals surface area contributed by atoms with Crippen LogP contribution in [0, 0.1) is 17.2 Å². The molecule has 1 aromatic heterocycles. The van der Waals surface area contributed by atoms with Gasteiger partial charge in [-0.2, -0.15) is 5.26 Å². The van der Waals surface area contributed by atoms with E-state index in [4.69, 9.17) is 11.6 Å². The molecule has 1 fully saturated rings.